The lowest BCUT2D eigenvalue weighted by molar-refractivity contribution is 0.699. The van der Waals surface area contributed by atoms with Crippen LogP contribution >= 0.6 is 23.1 Å². The van der Waals surface area contributed by atoms with Crippen molar-refractivity contribution in [2.75, 3.05) is 0 Å². The monoisotopic (exact) mass is 367 g/mol. The number of nitrogens with zero attached hydrogens (tertiary/aromatic N) is 3. The van der Waals surface area contributed by atoms with Crippen LogP contribution in [0.1, 0.15) is 30.2 Å². The quantitative estimate of drug-likeness (QED) is 0.511. The first-order chi connectivity index (χ1) is 12.2. The summed E-state index contributed by atoms with van der Waals surface area (Å²) in [6, 6.07) is 11.8. The SMILES string of the molecule is C[C@@H](C#N)Sc1nc2sc3c(c2c(=O)n1-c1ccccc1)CCCC3. The minimum Gasteiger partial charge on any atom is -0.268 e. The molecule has 0 radical (unpaired) electrons. The lowest BCUT2D eigenvalue weighted by atomic mass is 9.97. The Kier molecular flexibility index (Phi) is 4.36. The minimum atomic E-state index is -0.270. The first-order valence-corrected chi connectivity index (χ1v) is 10.1. The number of hydrogen-bond acceptors (Lipinski definition) is 5. The predicted octanol–water partition coefficient (Wildman–Crippen LogP) is 4.33. The molecule has 3 aromatic rings. The van der Waals surface area contributed by atoms with Gasteiger partial charge >= 0.3 is 0 Å². The molecule has 6 heteroatoms. The standard InChI is InChI=1S/C19H17N3OS2/c1-12(11-20)24-19-21-17-16(14-9-5-6-10-15(14)25-17)18(23)22(19)13-7-3-2-4-8-13/h2-4,7-8,12H,5-6,9-10H2,1H3/t12-/m0/s1. The Morgan fingerprint density at radius 1 is 1.28 bits per heavy atom. The van der Waals surface area contributed by atoms with Gasteiger partial charge in [-0.25, -0.2) is 4.98 Å². The number of aryl methyl sites for hydroxylation is 2. The van der Waals surface area contributed by atoms with E-state index in [1.54, 1.807) is 15.9 Å². The van der Waals surface area contributed by atoms with E-state index in [9.17, 15) is 10.1 Å². The molecule has 0 bridgehead atoms. The number of nitriles is 1. The summed E-state index contributed by atoms with van der Waals surface area (Å²) in [7, 11) is 0. The normalized spacial score (nSPS) is 14.9. The Balaban J connectivity index is 2.02. The molecule has 1 aliphatic carbocycles. The molecule has 2 heterocycles. The number of thioether (sulfide) groups is 1. The molecule has 126 valence electrons. The summed E-state index contributed by atoms with van der Waals surface area (Å²) in [5, 5.41) is 10.3. The lowest BCUT2D eigenvalue weighted by Crippen LogP contribution is -2.22. The van der Waals surface area contributed by atoms with E-state index in [1.807, 2.05) is 37.3 Å². The Morgan fingerprint density at radius 2 is 2.04 bits per heavy atom. The summed E-state index contributed by atoms with van der Waals surface area (Å²) >= 11 is 2.98. The van der Waals surface area contributed by atoms with Gasteiger partial charge in [-0.2, -0.15) is 5.26 Å². The van der Waals surface area contributed by atoms with Crippen molar-refractivity contribution in [1.82, 2.24) is 9.55 Å². The number of rotatable bonds is 3. The highest BCUT2D eigenvalue weighted by Crippen LogP contribution is 2.35. The maximum absolute atomic E-state index is 13.4. The zero-order valence-electron chi connectivity index (χ0n) is 13.9. The molecule has 0 fully saturated rings. The molecule has 0 spiro atoms. The number of fused-ring (bicyclic) bond motifs is 3. The summed E-state index contributed by atoms with van der Waals surface area (Å²) in [6.07, 6.45) is 4.31. The van der Waals surface area contributed by atoms with Crippen LogP contribution in [-0.2, 0) is 12.8 Å². The van der Waals surface area contributed by atoms with Crippen molar-refractivity contribution in [2.45, 2.75) is 43.0 Å². The Morgan fingerprint density at radius 3 is 2.80 bits per heavy atom. The van der Waals surface area contributed by atoms with Crippen molar-refractivity contribution >= 4 is 33.3 Å². The van der Waals surface area contributed by atoms with Gasteiger partial charge in [0.1, 0.15) is 4.83 Å². The average molecular weight is 367 g/mol. The van der Waals surface area contributed by atoms with Gasteiger partial charge in [0.05, 0.1) is 22.4 Å². The van der Waals surface area contributed by atoms with Crippen LogP contribution in [0.25, 0.3) is 15.9 Å². The fourth-order valence-electron chi connectivity index (χ4n) is 3.25. The van der Waals surface area contributed by atoms with Crippen molar-refractivity contribution < 1.29 is 0 Å². The second kappa shape index (κ2) is 6.66. The van der Waals surface area contributed by atoms with Crippen molar-refractivity contribution in [3.63, 3.8) is 0 Å². The van der Waals surface area contributed by atoms with Gasteiger partial charge in [0, 0.05) is 4.88 Å². The van der Waals surface area contributed by atoms with Gasteiger partial charge in [0.25, 0.3) is 5.56 Å². The van der Waals surface area contributed by atoms with Crippen molar-refractivity contribution in [1.29, 1.82) is 5.26 Å². The Labute approximate surface area is 154 Å². The average Bonchev–Trinajstić information content (AvgIpc) is 3.01. The van der Waals surface area contributed by atoms with E-state index >= 15 is 0 Å². The zero-order chi connectivity index (χ0) is 17.4. The molecular weight excluding hydrogens is 350 g/mol. The molecule has 1 aliphatic rings. The molecule has 0 saturated heterocycles. The van der Waals surface area contributed by atoms with E-state index in [4.69, 9.17) is 4.98 Å². The molecule has 25 heavy (non-hydrogen) atoms. The highest BCUT2D eigenvalue weighted by Gasteiger charge is 2.23. The van der Waals surface area contributed by atoms with E-state index in [2.05, 4.69) is 6.07 Å². The van der Waals surface area contributed by atoms with Crippen LogP contribution in [0, 0.1) is 11.3 Å². The molecule has 1 aromatic carbocycles. The van der Waals surface area contributed by atoms with Gasteiger partial charge in [-0.1, -0.05) is 30.0 Å². The van der Waals surface area contributed by atoms with Gasteiger partial charge in [-0.15, -0.1) is 11.3 Å². The lowest BCUT2D eigenvalue weighted by Gasteiger charge is -2.14. The minimum absolute atomic E-state index is 0.0109. The summed E-state index contributed by atoms with van der Waals surface area (Å²) in [6.45, 7) is 1.83. The molecule has 0 N–H and O–H groups in total. The maximum Gasteiger partial charge on any atom is 0.267 e. The molecule has 1 atom stereocenters. The number of benzene rings is 1. The van der Waals surface area contributed by atoms with Gasteiger partial charge in [0.2, 0.25) is 0 Å². The zero-order valence-corrected chi connectivity index (χ0v) is 15.5. The summed E-state index contributed by atoms with van der Waals surface area (Å²) in [5.74, 6) is 0. The molecule has 0 aliphatic heterocycles. The number of aromatic nitrogens is 2. The van der Waals surface area contributed by atoms with Crippen LogP contribution in [-0.4, -0.2) is 14.8 Å². The third-order valence-corrected chi connectivity index (χ3v) is 6.57. The van der Waals surface area contributed by atoms with Crippen LogP contribution in [0.5, 0.6) is 0 Å². The van der Waals surface area contributed by atoms with Crippen LogP contribution in [0.15, 0.2) is 40.3 Å². The fourth-order valence-corrected chi connectivity index (χ4v) is 5.37. The maximum atomic E-state index is 13.4. The van der Waals surface area contributed by atoms with Gasteiger partial charge < -0.3 is 0 Å². The summed E-state index contributed by atoms with van der Waals surface area (Å²) in [4.78, 5) is 20.3. The first kappa shape index (κ1) is 16.4. The molecule has 4 rings (SSSR count). The number of thiophene rings is 1. The second-order valence-corrected chi connectivity index (χ2v) is 8.54. The molecule has 0 saturated carbocycles. The second-order valence-electron chi connectivity index (χ2n) is 6.15. The smallest absolute Gasteiger partial charge is 0.267 e. The van der Waals surface area contributed by atoms with Gasteiger partial charge in [-0.05, 0) is 50.3 Å². The van der Waals surface area contributed by atoms with Crippen LogP contribution in [0.3, 0.4) is 0 Å². The summed E-state index contributed by atoms with van der Waals surface area (Å²) in [5.41, 5.74) is 1.98. The Bertz CT molecular complexity index is 1030. The van der Waals surface area contributed by atoms with Crippen LogP contribution in [0.2, 0.25) is 0 Å². The highest BCUT2D eigenvalue weighted by molar-refractivity contribution is 8.00. The van der Waals surface area contributed by atoms with E-state index in [0.29, 0.717) is 5.16 Å². The largest absolute Gasteiger partial charge is 0.268 e. The Hall–Kier alpha value is -2.10. The van der Waals surface area contributed by atoms with Crippen LogP contribution in [0.4, 0.5) is 0 Å². The van der Waals surface area contributed by atoms with E-state index in [1.165, 1.54) is 28.6 Å². The third-order valence-electron chi connectivity index (χ3n) is 4.44. The van der Waals surface area contributed by atoms with E-state index in [0.717, 1.165) is 35.2 Å². The van der Waals surface area contributed by atoms with Gasteiger partial charge in [0.15, 0.2) is 5.16 Å². The summed E-state index contributed by atoms with van der Waals surface area (Å²) < 4.78 is 1.67. The molecule has 2 aromatic heterocycles. The van der Waals surface area contributed by atoms with Crippen molar-refractivity contribution in [3.05, 3.63) is 51.1 Å². The van der Waals surface area contributed by atoms with E-state index < -0.39 is 0 Å². The van der Waals surface area contributed by atoms with Crippen LogP contribution < -0.4 is 5.56 Å². The van der Waals surface area contributed by atoms with Gasteiger partial charge in [-0.3, -0.25) is 9.36 Å². The number of para-hydroxylation sites is 1. The fraction of sp³-hybridized carbons (Fsp3) is 0.316. The topological polar surface area (TPSA) is 58.7 Å². The molecule has 0 amide bonds. The molecule has 0 unspecified atom stereocenters. The third kappa shape index (κ3) is 2.88. The molecular formula is C19H17N3OS2. The van der Waals surface area contributed by atoms with Crippen molar-refractivity contribution in [2.24, 2.45) is 0 Å². The number of hydrogen-bond donors (Lipinski definition) is 0. The predicted molar refractivity (Wildman–Crippen MR) is 103 cm³/mol. The van der Waals surface area contributed by atoms with E-state index in [-0.39, 0.29) is 10.8 Å². The van der Waals surface area contributed by atoms with Crippen molar-refractivity contribution in [3.8, 4) is 11.8 Å². The highest BCUT2D eigenvalue weighted by atomic mass is 32.2. The molecule has 4 nitrogen and oxygen atoms in total. The first-order valence-electron chi connectivity index (χ1n) is 8.38.